The Morgan fingerprint density at radius 3 is 2.78 bits per heavy atom. The van der Waals surface area contributed by atoms with Crippen LogP contribution in [0.2, 0.25) is 5.02 Å². The molecule has 0 spiro atoms. The van der Waals surface area contributed by atoms with Crippen LogP contribution >= 0.6 is 11.6 Å². The highest BCUT2D eigenvalue weighted by Crippen LogP contribution is 2.37. The third-order valence-corrected chi connectivity index (χ3v) is 4.02. The van der Waals surface area contributed by atoms with Gasteiger partial charge in [0.25, 0.3) is 0 Å². The molecular formula is C14H17ClFNO. The third kappa shape index (κ3) is 2.66. The fourth-order valence-corrected chi connectivity index (χ4v) is 2.65. The number of benzene rings is 1. The molecule has 1 fully saturated rings. The normalized spacial score (nSPS) is 17.7. The van der Waals surface area contributed by atoms with Crippen LogP contribution < -0.4 is 5.32 Å². The van der Waals surface area contributed by atoms with Gasteiger partial charge in [-0.25, -0.2) is 4.39 Å². The molecule has 4 heteroatoms. The minimum Gasteiger partial charge on any atom is -0.351 e. The number of carbonyl (C=O) groups is 1. The Balaban J connectivity index is 1.99. The lowest BCUT2D eigenvalue weighted by atomic mass is 9.88. The summed E-state index contributed by atoms with van der Waals surface area (Å²) in [5.74, 6) is -0.435. The summed E-state index contributed by atoms with van der Waals surface area (Å²) in [5, 5.41) is 2.90. The van der Waals surface area contributed by atoms with Gasteiger partial charge in [0.05, 0.1) is 5.02 Å². The Labute approximate surface area is 112 Å². The first-order chi connectivity index (χ1) is 8.53. The summed E-state index contributed by atoms with van der Waals surface area (Å²) in [5.41, 5.74) is 0.146. The molecule has 1 aliphatic carbocycles. The van der Waals surface area contributed by atoms with E-state index < -0.39 is 5.82 Å². The summed E-state index contributed by atoms with van der Waals surface area (Å²) < 4.78 is 13.6. The quantitative estimate of drug-likeness (QED) is 0.891. The molecule has 1 aliphatic rings. The SMILES string of the molecule is CC1(C(=O)NCc2cccc(Cl)c2F)CCCC1. The maximum absolute atomic E-state index is 13.6. The van der Waals surface area contributed by atoms with Crippen molar-refractivity contribution in [2.75, 3.05) is 0 Å². The topological polar surface area (TPSA) is 29.1 Å². The summed E-state index contributed by atoms with van der Waals surface area (Å²) in [6.45, 7) is 2.17. The van der Waals surface area contributed by atoms with Crippen molar-refractivity contribution in [2.24, 2.45) is 5.41 Å². The van der Waals surface area contributed by atoms with E-state index in [2.05, 4.69) is 5.32 Å². The van der Waals surface area contributed by atoms with Crippen LogP contribution in [0.3, 0.4) is 0 Å². The second-order valence-corrected chi connectivity index (χ2v) is 5.57. The first-order valence-corrected chi connectivity index (χ1v) is 6.62. The molecule has 2 rings (SSSR count). The van der Waals surface area contributed by atoms with E-state index in [0.29, 0.717) is 5.56 Å². The Morgan fingerprint density at radius 2 is 2.11 bits per heavy atom. The van der Waals surface area contributed by atoms with E-state index in [1.807, 2.05) is 6.92 Å². The summed E-state index contributed by atoms with van der Waals surface area (Å²) in [4.78, 5) is 12.1. The van der Waals surface area contributed by atoms with Crippen LogP contribution in [0.4, 0.5) is 4.39 Å². The molecule has 1 aromatic carbocycles. The second-order valence-electron chi connectivity index (χ2n) is 5.16. The lowest BCUT2D eigenvalue weighted by molar-refractivity contribution is -0.130. The van der Waals surface area contributed by atoms with Gasteiger partial charge in [0.15, 0.2) is 0 Å². The molecule has 0 atom stereocenters. The molecule has 98 valence electrons. The van der Waals surface area contributed by atoms with Crippen LogP contribution in [-0.2, 0) is 11.3 Å². The molecule has 0 aromatic heterocycles. The van der Waals surface area contributed by atoms with Crippen molar-refractivity contribution in [1.29, 1.82) is 0 Å². The highest BCUT2D eigenvalue weighted by atomic mass is 35.5. The number of carbonyl (C=O) groups excluding carboxylic acids is 1. The van der Waals surface area contributed by atoms with Gasteiger partial charge >= 0.3 is 0 Å². The summed E-state index contributed by atoms with van der Waals surface area (Å²) in [6.07, 6.45) is 4.01. The third-order valence-electron chi connectivity index (χ3n) is 3.73. The zero-order chi connectivity index (χ0) is 13.2. The van der Waals surface area contributed by atoms with E-state index in [-0.39, 0.29) is 22.9 Å². The maximum atomic E-state index is 13.6. The lowest BCUT2D eigenvalue weighted by Gasteiger charge is -2.22. The van der Waals surface area contributed by atoms with Gasteiger partial charge in [0.1, 0.15) is 5.82 Å². The van der Waals surface area contributed by atoms with Crippen LogP contribution in [0.1, 0.15) is 38.2 Å². The van der Waals surface area contributed by atoms with Crippen molar-refractivity contribution in [3.8, 4) is 0 Å². The van der Waals surface area contributed by atoms with E-state index >= 15 is 0 Å². The Morgan fingerprint density at radius 1 is 1.44 bits per heavy atom. The molecule has 1 N–H and O–H groups in total. The number of nitrogens with one attached hydrogen (secondary N) is 1. The summed E-state index contributed by atoms with van der Waals surface area (Å²) >= 11 is 5.70. The zero-order valence-electron chi connectivity index (χ0n) is 10.4. The number of hydrogen-bond donors (Lipinski definition) is 1. The molecule has 0 heterocycles. The number of hydrogen-bond acceptors (Lipinski definition) is 1. The van der Waals surface area contributed by atoms with Crippen molar-refractivity contribution in [3.05, 3.63) is 34.6 Å². The monoisotopic (exact) mass is 269 g/mol. The minimum absolute atomic E-state index is 0.0133. The molecule has 1 amide bonds. The fourth-order valence-electron chi connectivity index (χ4n) is 2.46. The predicted molar refractivity (Wildman–Crippen MR) is 69.8 cm³/mol. The Hall–Kier alpha value is -1.09. The van der Waals surface area contributed by atoms with Gasteiger partial charge in [-0.1, -0.05) is 43.5 Å². The first kappa shape index (κ1) is 13.3. The van der Waals surface area contributed by atoms with Crippen LogP contribution in [-0.4, -0.2) is 5.91 Å². The molecule has 1 saturated carbocycles. The van der Waals surface area contributed by atoms with Crippen LogP contribution in [0, 0.1) is 11.2 Å². The molecule has 0 unspecified atom stereocenters. The molecule has 0 aliphatic heterocycles. The van der Waals surface area contributed by atoms with E-state index in [1.165, 1.54) is 6.07 Å². The smallest absolute Gasteiger partial charge is 0.226 e. The van der Waals surface area contributed by atoms with Crippen LogP contribution in [0.15, 0.2) is 18.2 Å². The van der Waals surface area contributed by atoms with E-state index in [0.717, 1.165) is 25.7 Å². The van der Waals surface area contributed by atoms with Gasteiger partial charge in [-0.3, -0.25) is 4.79 Å². The van der Waals surface area contributed by atoms with Gasteiger partial charge in [0.2, 0.25) is 5.91 Å². The standard InChI is InChI=1S/C14H17ClFNO/c1-14(7-2-3-8-14)13(18)17-9-10-5-4-6-11(15)12(10)16/h4-6H,2-3,7-9H2,1H3,(H,17,18). The van der Waals surface area contributed by atoms with Crippen molar-refractivity contribution in [3.63, 3.8) is 0 Å². The van der Waals surface area contributed by atoms with Crippen molar-refractivity contribution in [1.82, 2.24) is 5.32 Å². The number of amides is 1. The molecule has 1 aromatic rings. The molecule has 2 nitrogen and oxygen atoms in total. The number of rotatable bonds is 3. The fraction of sp³-hybridized carbons (Fsp3) is 0.500. The largest absolute Gasteiger partial charge is 0.351 e. The Kier molecular flexibility index (Phi) is 3.91. The van der Waals surface area contributed by atoms with Gasteiger partial charge in [-0.2, -0.15) is 0 Å². The predicted octanol–water partition coefficient (Wildman–Crippen LogP) is 3.68. The van der Waals surface area contributed by atoms with Gasteiger partial charge in [0, 0.05) is 17.5 Å². The zero-order valence-corrected chi connectivity index (χ0v) is 11.2. The molecule has 18 heavy (non-hydrogen) atoms. The van der Waals surface area contributed by atoms with Crippen LogP contribution in [0.25, 0.3) is 0 Å². The first-order valence-electron chi connectivity index (χ1n) is 6.24. The van der Waals surface area contributed by atoms with Crippen molar-refractivity contribution >= 4 is 17.5 Å². The van der Waals surface area contributed by atoms with E-state index in [4.69, 9.17) is 11.6 Å². The lowest BCUT2D eigenvalue weighted by Crippen LogP contribution is -2.36. The molecule has 0 saturated heterocycles. The van der Waals surface area contributed by atoms with Crippen molar-refractivity contribution < 1.29 is 9.18 Å². The number of halogens is 2. The minimum atomic E-state index is -0.448. The average Bonchev–Trinajstić information content (AvgIpc) is 2.79. The second kappa shape index (κ2) is 5.27. The highest BCUT2D eigenvalue weighted by molar-refractivity contribution is 6.30. The van der Waals surface area contributed by atoms with Crippen LogP contribution in [0.5, 0.6) is 0 Å². The highest BCUT2D eigenvalue weighted by Gasteiger charge is 2.35. The maximum Gasteiger partial charge on any atom is 0.226 e. The molecular weight excluding hydrogens is 253 g/mol. The van der Waals surface area contributed by atoms with Crippen molar-refractivity contribution in [2.45, 2.75) is 39.2 Å². The van der Waals surface area contributed by atoms with Gasteiger partial charge in [-0.15, -0.1) is 0 Å². The molecule has 0 bridgehead atoms. The van der Waals surface area contributed by atoms with E-state index in [1.54, 1.807) is 12.1 Å². The molecule has 0 radical (unpaired) electrons. The Bertz CT molecular complexity index is 455. The van der Waals surface area contributed by atoms with Gasteiger partial charge in [-0.05, 0) is 18.9 Å². The summed E-state index contributed by atoms with van der Waals surface area (Å²) in [6, 6.07) is 4.82. The summed E-state index contributed by atoms with van der Waals surface area (Å²) in [7, 11) is 0. The average molecular weight is 270 g/mol. The van der Waals surface area contributed by atoms with E-state index in [9.17, 15) is 9.18 Å². The van der Waals surface area contributed by atoms with Gasteiger partial charge < -0.3 is 5.32 Å².